The Morgan fingerprint density at radius 1 is 0.520 bits per heavy atom. The molecule has 0 atom stereocenters. The van der Waals surface area contributed by atoms with E-state index in [0.717, 1.165) is 44.2 Å². The molecule has 0 fully saturated rings. The Hall–Kier alpha value is -6.51. The molecule has 7 rings (SSSR count). The average Bonchev–Trinajstić information content (AvgIpc) is 3.18. The van der Waals surface area contributed by atoms with E-state index in [1.807, 2.05) is 31.2 Å². The Bertz CT molecular complexity index is 2460. The summed E-state index contributed by atoms with van der Waals surface area (Å²) in [6.07, 6.45) is 9.00. The zero-order chi connectivity index (χ0) is 34.5. The minimum atomic E-state index is 0.405. The van der Waals surface area contributed by atoms with Gasteiger partial charge in [-0.3, -0.25) is 0 Å². The van der Waals surface area contributed by atoms with Gasteiger partial charge in [-0.2, -0.15) is 0 Å². The van der Waals surface area contributed by atoms with Crippen LogP contribution in [0.5, 0.6) is 0 Å². The van der Waals surface area contributed by atoms with Gasteiger partial charge in [0.1, 0.15) is 0 Å². The molecule has 0 bridgehead atoms. The van der Waals surface area contributed by atoms with E-state index in [1.165, 1.54) is 44.8 Å². The van der Waals surface area contributed by atoms with Gasteiger partial charge in [0.2, 0.25) is 0 Å². The first-order chi connectivity index (χ1) is 24.6. The van der Waals surface area contributed by atoms with Gasteiger partial charge in [-0.15, -0.1) is 0 Å². The van der Waals surface area contributed by atoms with E-state index >= 15 is 0 Å². The van der Waals surface area contributed by atoms with Crippen LogP contribution in [-0.2, 0) is 0 Å². The third kappa shape index (κ3) is 6.11. The summed E-state index contributed by atoms with van der Waals surface area (Å²) in [5.74, 6) is 0. The predicted molar refractivity (Wildman–Crippen MR) is 215 cm³/mol. The molecule has 2 nitrogen and oxygen atoms in total. The van der Waals surface area contributed by atoms with Crippen molar-refractivity contribution in [2.45, 2.75) is 6.92 Å². The summed E-state index contributed by atoms with van der Waals surface area (Å²) < 4.78 is 0. The van der Waals surface area contributed by atoms with Gasteiger partial charge in [0.25, 0.3) is 0 Å². The maximum atomic E-state index is 9.19. The van der Waals surface area contributed by atoms with Crippen LogP contribution in [0.25, 0.3) is 66.1 Å². The Balaban J connectivity index is 1.54. The van der Waals surface area contributed by atoms with Crippen molar-refractivity contribution in [1.82, 2.24) is 0 Å². The zero-order valence-electron chi connectivity index (χ0n) is 28.1. The highest BCUT2D eigenvalue weighted by Gasteiger charge is 2.21. The molecule has 0 saturated heterocycles. The molecule has 7 aromatic rings. The number of allylic oxidation sites excluding steroid dienone is 6. The van der Waals surface area contributed by atoms with E-state index in [9.17, 15) is 5.41 Å². The van der Waals surface area contributed by atoms with Crippen LogP contribution in [0.15, 0.2) is 200 Å². The van der Waals surface area contributed by atoms with Gasteiger partial charge >= 0.3 is 0 Å². The summed E-state index contributed by atoms with van der Waals surface area (Å²) in [7, 11) is 0. The first kappa shape index (κ1) is 32.1. The number of rotatable bonds is 9. The maximum absolute atomic E-state index is 9.19. The normalized spacial score (nSPS) is 11.9. The van der Waals surface area contributed by atoms with Gasteiger partial charge in [0.05, 0.1) is 5.71 Å². The molecular formula is C48H38N2. The second kappa shape index (κ2) is 14.3. The monoisotopic (exact) mass is 642 g/mol. The van der Waals surface area contributed by atoms with Gasteiger partial charge in [-0.05, 0) is 109 Å². The molecule has 0 spiro atoms. The van der Waals surface area contributed by atoms with E-state index in [1.54, 1.807) is 0 Å². The van der Waals surface area contributed by atoms with Gasteiger partial charge in [-0.25, -0.2) is 0 Å². The Kier molecular flexibility index (Phi) is 9.18. The topological polar surface area (TPSA) is 49.9 Å². The summed E-state index contributed by atoms with van der Waals surface area (Å²) in [6.45, 7) is 6.16. The first-order valence-corrected chi connectivity index (χ1v) is 16.9. The molecule has 0 unspecified atom stereocenters. The number of hydrogen-bond donors (Lipinski definition) is 2. The molecule has 0 radical (unpaired) electrons. The molecule has 0 amide bonds. The highest BCUT2D eigenvalue weighted by atomic mass is 14.5. The second-order valence-corrected chi connectivity index (χ2v) is 12.3. The SMILES string of the molecule is C=C(/C=C\C(=N)c1ccc2c(-c3ccccc3-c3ccccc3)c3ccccc3c(-c3ccccc3-c3ccccc3)c2c1)C(/C=C\N)=C/C. The lowest BCUT2D eigenvalue weighted by molar-refractivity contribution is 1.47. The lowest BCUT2D eigenvalue weighted by atomic mass is 9.81. The summed E-state index contributed by atoms with van der Waals surface area (Å²) >= 11 is 0. The van der Waals surface area contributed by atoms with Crippen LogP contribution in [0.2, 0.25) is 0 Å². The molecule has 0 aliphatic carbocycles. The number of benzene rings is 7. The summed E-state index contributed by atoms with van der Waals surface area (Å²) in [6, 6.07) is 53.8. The van der Waals surface area contributed by atoms with Crippen molar-refractivity contribution in [3.05, 3.63) is 205 Å². The van der Waals surface area contributed by atoms with Crippen LogP contribution < -0.4 is 5.73 Å². The van der Waals surface area contributed by atoms with Crippen LogP contribution in [0.3, 0.4) is 0 Å². The Morgan fingerprint density at radius 2 is 0.980 bits per heavy atom. The first-order valence-electron chi connectivity index (χ1n) is 16.9. The number of fused-ring (bicyclic) bond motifs is 2. The van der Waals surface area contributed by atoms with E-state index in [-0.39, 0.29) is 0 Å². The van der Waals surface area contributed by atoms with Crippen molar-refractivity contribution >= 4 is 27.3 Å². The van der Waals surface area contributed by atoms with Crippen LogP contribution in [0.4, 0.5) is 0 Å². The van der Waals surface area contributed by atoms with Gasteiger partial charge in [-0.1, -0.05) is 164 Å². The van der Waals surface area contributed by atoms with Crippen molar-refractivity contribution in [2.75, 3.05) is 0 Å². The highest BCUT2D eigenvalue weighted by Crippen LogP contribution is 2.48. The highest BCUT2D eigenvalue weighted by molar-refractivity contribution is 6.24. The quantitative estimate of drug-likeness (QED) is 0.0919. The van der Waals surface area contributed by atoms with Crippen LogP contribution in [0, 0.1) is 5.41 Å². The van der Waals surface area contributed by atoms with Crippen molar-refractivity contribution in [3.8, 4) is 44.5 Å². The minimum absolute atomic E-state index is 0.405. The molecule has 0 aromatic heterocycles. The summed E-state index contributed by atoms with van der Waals surface area (Å²) in [5, 5.41) is 13.8. The van der Waals surface area contributed by atoms with Crippen LogP contribution >= 0.6 is 0 Å². The van der Waals surface area contributed by atoms with Crippen molar-refractivity contribution in [2.24, 2.45) is 5.73 Å². The van der Waals surface area contributed by atoms with Gasteiger partial charge in [0.15, 0.2) is 0 Å². The van der Waals surface area contributed by atoms with Gasteiger partial charge < -0.3 is 11.1 Å². The molecule has 0 aliphatic heterocycles. The molecule has 7 aromatic carbocycles. The van der Waals surface area contributed by atoms with E-state index in [4.69, 9.17) is 5.73 Å². The molecular weight excluding hydrogens is 605 g/mol. The number of hydrogen-bond acceptors (Lipinski definition) is 2. The molecule has 2 heteroatoms. The van der Waals surface area contributed by atoms with E-state index < -0.39 is 0 Å². The third-order valence-corrected chi connectivity index (χ3v) is 9.31. The van der Waals surface area contributed by atoms with Crippen LogP contribution in [0.1, 0.15) is 12.5 Å². The number of nitrogens with one attached hydrogen (secondary N) is 1. The molecule has 0 heterocycles. The average molecular weight is 643 g/mol. The van der Waals surface area contributed by atoms with Crippen LogP contribution in [-0.4, -0.2) is 5.71 Å². The fourth-order valence-corrected chi connectivity index (χ4v) is 6.94. The lowest BCUT2D eigenvalue weighted by Crippen LogP contribution is -1.98. The fraction of sp³-hybridized carbons (Fsp3) is 0.0208. The van der Waals surface area contributed by atoms with E-state index in [0.29, 0.717) is 5.71 Å². The standard InChI is InChI=1S/C48H38N2/c1-3-34(30-31-49)33(2)26-29-46(50)37-27-28-44-45(32-37)48(41-23-13-11-21-39(41)36-18-8-5-9-19-36)43-25-15-14-24-42(43)47(44)40-22-12-10-20-38(40)35-16-6-4-7-17-35/h3-32,50H,2,49H2,1H3/b29-26-,31-30-,34-3+,50-46?. The van der Waals surface area contributed by atoms with Crippen molar-refractivity contribution in [3.63, 3.8) is 0 Å². The smallest absolute Gasteiger partial charge is 0.0612 e. The molecule has 3 N–H and O–H groups in total. The minimum Gasteiger partial charge on any atom is -0.405 e. The largest absolute Gasteiger partial charge is 0.405 e. The van der Waals surface area contributed by atoms with Crippen molar-refractivity contribution in [1.29, 1.82) is 5.41 Å². The second-order valence-electron chi connectivity index (χ2n) is 12.3. The predicted octanol–water partition coefficient (Wildman–Crippen LogP) is 12.6. The summed E-state index contributed by atoms with van der Waals surface area (Å²) in [4.78, 5) is 0. The Labute approximate surface area is 294 Å². The molecule has 0 aliphatic rings. The molecule has 0 saturated carbocycles. The zero-order valence-corrected chi connectivity index (χ0v) is 28.1. The fourth-order valence-electron chi connectivity index (χ4n) is 6.94. The molecule has 50 heavy (non-hydrogen) atoms. The number of nitrogens with two attached hydrogens (primary N) is 1. The van der Waals surface area contributed by atoms with Gasteiger partial charge in [0, 0.05) is 5.56 Å². The molecule has 240 valence electrons. The van der Waals surface area contributed by atoms with Crippen molar-refractivity contribution < 1.29 is 0 Å². The maximum Gasteiger partial charge on any atom is 0.0612 e. The summed E-state index contributed by atoms with van der Waals surface area (Å²) in [5.41, 5.74) is 18.0. The van der Waals surface area contributed by atoms with E-state index in [2.05, 4.69) is 158 Å². The lowest BCUT2D eigenvalue weighted by Gasteiger charge is -2.21. The Morgan fingerprint density at radius 3 is 1.50 bits per heavy atom. The third-order valence-electron chi connectivity index (χ3n) is 9.31.